The number of alkyl halides is 3. The molecule has 0 aliphatic carbocycles. The molecule has 0 aliphatic rings. The van der Waals surface area contributed by atoms with Crippen LogP contribution in [0.5, 0.6) is 0 Å². The second-order valence-corrected chi connectivity index (χ2v) is 9.15. The third kappa shape index (κ3) is 14.5. The van der Waals surface area contributed by atoms with Crippen molar-refractivity contribution in [1.82, 2.24) is 0 Å². The summed E-state index contributed by atoms with van der Waals surface area (Å²) in [7, 11) is -3.73. The second-order valence-electron chi connectivity index (χ2n) is 3.72. The fourth-order valence-corrected chi connectivity index (χ4v) is 3.90. The van der Waals surface area contributed by atoms with Gasteiger partial charge < -0.3 is 4.74 Å². The predicted octanol–water partition coefficient (Wildman–Crippen LogP) is 4.26. The third-order valence-corrected chi connectivity index (χ3v) is 5.45. The first-order valence-corrected chi connectivity index (χ1v) is 12.3. The van der Waals surface area contributed by atoms with Crippen molar-refractivity contribution < 1.29 is 36.5 Å². The number of halogens is 4. The molecule has 24 heavy (non-hydrogen) atoms. The Morgan fingerprint density at radius 3 is 1.46 bits per heavy atom. The lowest BCUT2D eigenvalue weighted by atomic mass is 10.7. The first kappa shape index (κ1) is 25.4. The smallest absolute Gasteiger partial charge is 0.377 e. The normalized spacial score (nSPS) is 14.7. The maximum absolute atomic E-state index is 12.1. The first-order chi connectivity index (χ1) is 11.4. The maximum Gasteiger partial charge on any atom is 0.474 e. The summed E-state index contributed by atoms with van der Waals surface area (Å²) in [5.74, 6) is 0.414. The van der Waals surface area contributed by atoms with Crippen molar-refractivity contribution in [3.05, 3.63) is 0 Å². The van der Waals surface area contributed by atoms with Crippen LogP contribution < -0.4 is 0 Å². The molecule has 0 saturated heterocycles. The van der Waals surface area contributed by atoms with Gasteiger partial charge in [0.2, 0.25) is 0 Å². The van der Waals surface area contributed by atoms with Crippen LogP contribution in [0.4, 0.5) is 0 Å². The summed E-state index contributed by atoms with van der Waals surface area (Å²) in [5.41, 5.74) is 0. The Morgan fingerprint density at radius 1 is 0.583 bits per heavy atom. The van der Waals surface area contributed by atoms with Crippen molar-refractivity contribution in [1.29, 1.82) is 0 Å². The van der Waals surface area contributed by atoms with Crippen molar-refractivity contribution in [2.24, 2.45) is 0 Å². The molecule has 0 radical (unpaired) electrons. The minimum atomic E-state index is -3.73. The van der Waals surface area contributed by atoms with Gasteiger partial charge in [-0.15, -0.1) is 34.8 Å². The molecule has 1 unspecified atom stereocenters. The molecule has 1 atom stereocenters. The van der Waals surface area contributed by atoms with E-state index in [1.165, 1.54) is 0 Å². The summed E-state index contributed by atoms with van der Waals surface area (Å²) in [4.78, 5) is 0. The van der Waals surface area contributed by atoms with E-state index in [9.17, 15) is 9.13 Å². The Hall–Kier alpha value is 1.38. The van der Waals surface area contributed by atoms with Gasteiger partial charge in [0.05, 0.1) is 46.2 Å². The van der Waals surface area contributed by atoms with E-state index in [0.717, 1.165) is 0 Å². The molecule has 146 valence electrons. The summed E-state index contributed by atoms with van der Waals surface area (Å²) in [5, 5.41) is 0. The number of hydrogen-bond acceptors (Lipinski definition) is 8. The van der Waals surface area contributed by atoms with Crippen LogP contribution in [0.1, 0.15) is 0 Å². The topological polar surface area (TPSA) is 89.5 Å². The summed E-state index contributed by atoms with van der Waals surface area (Å²) < 4.78 is 53.2. The van der Waals surface area contributed by atoms with E-state index in [-0.39, 0.29) is 63.9 Å². The summed E-state index contributed by atoms with van der Waals surface area (Å²) in [6, 6.07) is 0. The fourth-order valence-electron chi connectivity index (χ4n) is 1.10. The molecule has 8 nitrogen and oxygen atoms in total. The van der Waals surface area contributed by atoms with Crippen LogP contribution in [-0.4, -0.2) is 63.9 Å². The van der Waals surface area contributed by atoms with Crippen LogP contribution in [-0.2, 0) is 36.5 Å². The van der Waals surface area contributed by atoms with Crippen LogP contribution in [0.25, 0.3) is 0 Å². The van der Waals surface area contributed by atoms with Crippen molar-refractivity contribution in [2.75, 3.05) is 63.9 Å². The zero-order valence-electron chi connectivity index (χ0n) is 12.7. The van der Waals surface area contributed by atoms with Crippen LogP contribution in [0, 0.1) is 0 Å². The molecule has 0 aromatic carbocycles. The highest BCUT2D eigenvalue weighted by atomic mass is 35.7. The van der Waals surface area contributed by atoms with Gasteiger partial charge in [0.15, 0.2) is 0 Å². The Kier molecular flexibility index (Phi) is 16.3. The molecule has 0 spiro atoms. The SMILES string of the molecule is O=P(Cl)(OCCCl)OCCOCCOP(=O)(OCCCl)OCCCl. The molecular formula is C10H20Cl4O8P2. The largest absolute Gasteiger partial charge is 0.474 e. The Labute approximate surface area is 161 Å². The fraction of sp³-hybridized carbons (Fsp3) is 1.00. The lowest BCUT2D eigenvalue weighted by Crippen LogP contribution is -2.10. The second kappa shape index (κ2) is 15.4. The molecule has 0 fully saturated rings. The Balaban J connectivity index is 3.85. The van der Waals surface area contributed by atoms with E-state index in [2.05, 4.69) is 0 Å². The third-order valence-electron chi connectivity index (χ3n) is 1.93. The van der Waals surface area contributed by atoms with Crippen molar-refractivity contribution >= 4 is 60.8 Å². The quantitative estimate of drug-likeness (QED) is 0.176. The van der Waals surface area contributed by atoms with Gasteiger partial charge >= 0.3 is 14.8 Å². The molecule has 0 bridgehead atoms. The maximum atomic E-state index is 12.1. The summed E-state index contributed by atoms with van der Waals surface area (Å²) >= 11 is 21.8. The lowest BCUT2D eigenvalue weighted by Gasteiger charge is -2.17. The molecule has 0 N–H and O–H groups in total. The average Bonchev–Trinajstić information content (AvgIpc) is 2.55. The van der Waals surface area contributed by atoms with Gasteiger partial charge in [-0.25, -0.2) is 9.13 Å². The van der Waals surface area contributed by atoms with Gasteiger partial charge in [-0.3, -0.25) is 22.6 Å². The summed E-state index contributed by atoms with van der Waals surface area (Å²) in [6.07, 6.45) is 0. The number of rotatable bonds is 17. The Morgan fingerprint density at radius 2 is 0.958 bits per heavy atom. The predicted molar refractivity (Wildman–Crippen MR) is 93.8 cm³/mol. The Bertz CT molecular complexity index is 391. The number of hydrogen-bond donors (Lipinski definition) is 0. The first-order valence-electron chi connectivity index (χ1n) is 6.77. The van der Waals surface area contributed by atoms with E-state index < -0.39 is 14.8 Å². The molecule has 0 aromatic rings. The minimum absolute atomic E-state index is 0.00310. The van der Waals surface area contributed by atoms with E-state index in [1.807, 2.05) is 0 Å². The van der Waals surface area contributed by atoms with Gasteiger partial charge in [-0.2, -0.15) is 0 Å². The molecule has 0 rings (SSSR count). The van der Waals surface area contributed by atoms with Gasteiger partial charge in [0.25, 0.3) is 0 Å². The van der Waals surface area contributed by atoms with E-state index in [0.29, 0.717) is 0 Å². The number of ether oxygens (including phenoxy) is 1. The highest BCUT2D eigenvalue weighted by molar-refractivity contribution is 7.81. The van der Waals surface area contributed by atoms with Crippen LogP contribution in [0.15, 0.2) is 0 Å². The van der Waals surface area contributed by atoms with Crippen molar-refractivity contribution in [2.45, 2.75) is 0 Å². The van der Waals surface area contributed by atoms with Gasteiger partial charge in [0, 0.05) is 28.9 Å². The number of phosphoric acid groups is 1. The van der Waals surface area contributed by atoms with E-state index >= 15 is 0 Å². The molecule has 0 saturated carbocycles. The number of phosphoric ester groups is 1. The minimum Gasteiger partial charge on any atom is -0.377 e. The molecule has 0 aromatic heterocycles. The van der Waals surface area contributed by atoms with E-state index in [4.69, 9.17) is 73.4 Å². The van der Waals surface area contributed by atoms with E-state index in [1.54, 1.807) is 0 Å². The van der Waals surface area contributed by atoms with Crippen molar-refractivity contribution in [3.8, 4) is 0 Å². The molecule has 0 heterocycles. The highest BCUT2D eigenvalue weighted by Gasteiger charge is 2.26. The standard InChI is InChI=1S/C10H20Cl4O8P2/c11-1-4-18-23(14,15)19-9-7-17-8-10-22-24(16,20-5-2-12)21-6-3-13/h1-10H2. The van der Waals surface area contributed by atoms with Gasteiger partial charge in [-0.05, 0) is 0 Å². The molecular weight excluding hydrogens is 452 g/mol. The monoisotopic (exact) mass is 470 g/mol. The molecule has 0 aliphatic heterocycles. The van der Waals surface area contributed by atoms with Gasteiger partial charge in [0.1, 0.15) is 0 Å². The van der Waals surface area contributed by atoms with Crippen LogP contribution in [0.2, 0.25) is 0 Å². The highest BCUT2D eigenvalue weighted by Crippen LogP contribution is 2.53. The molecule has 0 amide bonds. The van der Waals surface area contributed by atoms with Crippen LogP contribution in [0.3, 0.4) is 0 Å². The average molecular weight is 472 g/mol. The zero-order chi connectivity index (χ0) is 18.3. The lowest BCUT2D eigenvalue weighted by molar-refractivity contribution is 0.0534. The summed E-state index contributed by atoms with van der Waals surface area (Å²) in [6.45, 7) is -3.63. The van der Waals surface area contributed by atoms with Gasteiger partial charge in [-0.1, -0.05) is 0 Å². The van der Waals surface area contributed by atoms with Crippen LogP contribution >= 0.6 is 60.8 Å². The molecule has 14 heteroatoms. The van der Waals surface area contributed by atoms with Crippen molar-refractivity contribution in [3.63, 3.8) is 0 Å². The zero-order valence-corrected chi connectivity index (χ0v) is 17.6.